The lowest BCUT2D eigenvalue weighted by Gasteiger charge is -2.22. The monoisotopic (exact) mass is 277 g/mol. The summed E-state index contributed by atoms with van der Waals surface area (Å²) in [6.45, 7) is 3.12. The third-order valence-electron chi connectivity index (χ3n) is 2.54. The Morgan fingerprint density at radius 1 is 1.33 bits per heavy atom. The zero-order chi connectivity index (χ0) is 13.1. The van der Waals surface area contributed by atoms with Crippen molar-refractivity contribution in [2.45, 2.75) is 18.9 Å². The summed E-state index contributed by atoms with van der Waals surface area (Å²) in [5.41, 5.74) is 0. The molecule has 1 aliphatic rings. The number of rotatable bonds is 9. The van der Waals surface area contributed by atoms with Gasteiger partial charge in [-0.3, -0.25) is 4.79 Å². The lowest BCUT2D eigenvalue weighted by molar-refractivity contribution is -0.145. The first-order valence-corrected chi connectivity index (χ1v) is 7.52. The first kappa shape index (κ1) is 15.8. The van der Waals surface area contributed by atoms with Gasteiger partial charge in [-0.15, -0.1) is 0 Å². The predicted molar refractivity (Wildman–Crippen MR) is 72.0 cm³/mol. The van der Waals surface area contributed by atoms with E-state index < -0.39 is 0 Å². The van der Waals surface area contributed by atoms with Crippen molar-refractivity contribution < 1.29 is 19.0 Å². The summed E-state index contributed by atoms with van der Waals surface area (Å²) in [6.07, 6.45) is 1.32. The summed E-state index contributed by atoms with van der Waals surface area (Å²) in [7, 11) is 1.67. The third kappa shape index (κ3) is 7.92. The summed E-state index contributed by atoms with van der Waals surface area (Å²) >= 11 is 1.88. The number of carbonyl (C=O) groups excluding carboxylic acids is 1. The number of nitrogens with one attached hydrogen (secondary N) is 1. The fraction of sp³-hybridized carbons (Fsp3) is 0.917. The maximum Gasteiger partial charge on any atom is 0.307 e. The Bertz CT molecular complexity index is 222. The van der Waals surface area contributed by atoms with Gasteiger partial charge in [0.1, 0.15) is 6.61 Å². The van der Waals surface area contributed by atoms with Crippen LogP contribution in [0.3, 0.4) is 0 Å². The second kappa shape index (κ2) is 10.6. The Kier molecular flexibility index (Phi) is 9.28. The van der Waals surface area contributed by atoms with E-state index in [1.807, 2.05) is 11.8 Å². The fourth-order valence-corrected chi connectivity index (χ4v) is 2.58. The molecule has 106 valence electrons. The minimum absolute atomic E-state index is 0.143. The molecule has 6 heteroatoms. The third-order valence-corrected chi connectivity index (χ3v) is 3.67. The van der Waals surface area contributed by atoms with E-state index in [-0.39, 0.29) is 12.0 Å². The molecule has 0 aromatic heterocycles. The number of hydrogen-bond donors (Lipinski definition) is 1. The van der Waals surface area contributed by atoms with Crippen molar-refractivity contribution in [2.75, 3.05) is 51.6 Å². The molecule has 0 radical (unpaired) electrons. The van der Waals surface area contributed by atoms with E-state index in [1.165, 1.54) is 0 Å². The lowest BCUT2D eigenvalue weighted by atomic mass is 10.2. The van der Waals surface area contributed by atoms with Crippen molar-refractivity contribution >= 4 is 17.7 Å². The molecular formula is C12H23NO4S. The van der Waals surface area contributed by atoms with E-state index in [2.05, 4.69) is 5.32 Å². The van der Waals surface area contributed by atoms with Crippen LogP contribution in [0.15, 0.2) is 0 Å². The van der Waals surface area contributed by atoms with Crippen molar-refractivity contribution in [3.05, 3.63) is 0 Å². The molecule has 18 heavy (non-hydrogen) atoms. The Labute approximate surface area is 113 Å². The van der Waals surface area contributed by atoms with Gasteiger partial charge in [-0.05, 0) is 6.42 Å². The first-order chi connectivity index (χ1) is 8.83. The summed E-state index contributed by atoms with van der Waals surface area (Å²) in [4.78, 5) is 11.5. The van der Waals surface area contributed by atoms with Gasteiger partial charge in [0, 0.05) is 44.4 Å². The first-order valence-electron chi connectivity index (χ1n) is 6.36. The van der Waals surface area contributed by atoms with Gasteiger partial charge in [0.25, 0.3) is 0 Å². The highest BCUT2D eigenvalue weighted by molar-refractivity contribution is 7.99. The van der Waals surface area contributed by atoms with Gasteiger partial charge in [-0.2, -0.15) is 11.8 Å². The number of thioether (sulfide) groups is 1. The van der Waals surface area contributed by atoms with Crippen LogP contribution in [0.25, 0.3) is 0 Å². The Morgan fingerprint density at radius 2 is 2.22 bits per heavy atom. The topological polar surface area (TPSA) is 56.8 Å². The van der Waals surface area contributed by atoms with Gasteiger partial charge in [0.05, 0.1) is 13.0 Å². The summed E-state index contributed by atoms with van der Waals surface area (Å²) in [5, 5.41) is 3.31. The molecule has 0 aliphatic carbocycles. The lowest BCUT2D eigenvalue weighted by Crippen LogP contribution is -2.39. The molecule has 0 amide bonds. The van der Waals surface area contributed by atoms with Crippen LogP contribution in [0.2, 0.25) is 0 Å². The maximum absolute atomic E-state index is 11.5. The zero-order valence-corrected chi connectivity index (χ0v) is 11.8. The van der Waals surface area contributed by atoms with Crippen LogP contribution in [0, 0.1) is 0 Å². The molecule has 0 saturated carbocycles. The smallest absolute Gasteiger partial charge is 0.307 e. The molecule has 0 aromatic rings. The molecule has 1 unspecified atom stereocenters. The van der Waals surface area contributed by atoms with E-state index in [0.29, 0.717) is 32.8 Å². The number of hydrogen-bond acceptors (Lipinski definition) is 6. The molecule has 5 nitrogen and oxygen atoms in total. The molecule has 0 aromatic carbocycles. The summed E-state index contributed by atoms with van der Waals surface area (Å²) in [5.74, 6) is 1.97. The van der Waals surface area contributed by atoms with Crippen LogP contribution in [-0.4, -0.2) is 63.6 Å². The van der Waals surface area contributed by atoms with E-state index >= 15 is 0 Å². The number of esters is 1. The fourth-order valence-electron chi connectivity index (χ4n) is 1.63. The van der Waals surface area contributed by atoms with Crippen LogP contribution >= 0.6 is 11.8 Å². The van der Waals surface area contributed by atoms with Crippen molar-refractivity contribution in [1.82, 2.24) is 5.32 Å². The molecule has 1 fully saturated rings. The predicted octanol–water partition coefficient (Wildman–Crippen LogP) is 0.678. The zero-order valence-electron chi connectivity index (χ0n) is 11.0. The van der Waals surface area contributed by atoms with E-state index in [0.717, 1.165) is 24.5 Å². The van der Waals surface area contributed by atoms with Crippen LogP contribution in [0.1, 0.15) is 12.8 Å². The summed E-state index contributed by atoms with van der Waals surface area (Å²) in [6, 6.07) is 0.263. The SMILES string of the molecule is COCCCOCCOC(=O)CC1CSCCN1. The highest BCUT2D eigenvalue weighted by Gasteiger charge is 2.17. The van der Waals surface area contributed by atoms with Crippen LogP contribution in [-0.2, 0) is 19.0 Å². The van der Waals surface area contributed by atoms with Crippen molar-refractivity contribution in [3.63, 3.8) is 0 Å². The van der Waals surface area contributed by atoms with Gasteiger partial charge in [-0.25, -0.2) is 0 Å². The average molecular weight is 277 g/mol. The molecule has 1 heterocycles. The minimum atomic E-state index is -0.143. The van der Waals surface area contributed by atoms with E-state index in [9.17, 15) is 4.79 Å². The highest BCUT2D eigenvalue weighted by atomic mass is 32.2. The molecule has 0 spiro atoms. The van der Waals surface area contributed by atoms with Gasteiger partial charge in [-0.1, -0.05) is 0 Å². The maximum atomic E-state index is 11.5. The van der Waals surface area contributed by atoms with Crippen molar-refractivity contribution in [3.8, 4) is 0 Å². The van der Waals surface area contributed by atoms with Gasteiger partial charge >= 0.3 is 5.97 Å². The Morgan fingerprint density at radius 3 is 2.94 bits per heavy atom. The number of ether oxygens (including phenoxy) is 3. The summed E-state index contributed by atoms with van der Waals surface area (Å²) < 4.78 is 15.3. The van der Waals surface area contributed by atoms with Gasteiger partial charge < -0.3 is 19.5 Å². The molecule has 1 atom stereocenters. The molecule has 1 aliphatic heterocycles. The van der Waals surface area contributed by atoms with Gasteiger partial charge in [0.15, 0.2) is 0 Å². The van der Waals surface area contributed by atoms with Crippen LogP contribution < -0.4 is 5.32 Å². The second-order valence-electron chi connectivity index (χ2n) is 4.11. The van der Waals surface area contributed by atoms with Gasteiger partial charge in [0.2, 0.25) is 0 Å². The number of methoxy groups -OCH3 is 1. The number of carbonyl (C=O) groups is 1. The Balaban J connectivity index is 1.90. The standard InChI is InChI=1S/C12H23NO4S/c1-15-4-2-5-16-6-7-17-12(14)9-11-10-18-8-3-13-11/h11,13H,2-10H2,1H3. The normalized spacial score (nSPS) is 19.7. The molecule has 0 bridgehead atoms. The molecule has 1 N–H and O–H groups in total. The highest BCUT2D eigenvalue weighted by Crippen LogP contribution is 2.10. The molecule has 1 saturated heterocycles. The van der Waals surface area contributed by atoms with E-state index in [4.69, 9.17) is 14.2 Å². The quantitative estimate of drug-likeness (QED) is 0.494. The van der Waals surface area contributed by atoms with E-state index in [1.54, 1.807) is 7.11 Å². The van der Waals surface area contributed by atoms with Crippen molar-refractivity contribution in [1.29, 1.82) is 0 Å². The second-order valence-corrected chi connectivity index (χ2v) is 5.26. The molecule has 1 rings (SSSR count). The van der Waals surface area contributed by atoms with Crippen LogP contribution in [0.5, 0.6) is 0 Å². The largest absolute Gasteiger partial charge is 0.463 e. The van der Waals surface area contributed by atoms with Crippen molar-refractivity contribution in [2.24, 2.45) is 0 Å². The molecular weight excluding hydrogens is 254 g/mol. The average Bonchev–Trinajstić information content (AvgIpc) is 2.39. The van der Waals surface area contributed by atoms with Crippen LogP contribution in [0.4, 0.5) is 0 Å². The minimum Gasteiger partial charge on any atom is -0.463 e. The Hall–Kier alpha value is -0.300.